The average Bonchev–Trinajstić information content (AvgIpc) is 3.70. The second kappa shape index (κ2) is 68.8. The Balaban J connectivity index is 3.97. The molecule has 0 bridgehead atoms. The van der Waals surface area contributed by atoms with Gasteiger partial charge in [-0.15, -0.1) is 0 Å². The van der Waals surface area contributed by atoms with E-state index >= 15 is 0 Å². The number of aliphatic hydroxyl groups is 1. The molecule has 0 aromatic rings. The predicted molar refractivity (Wildman–Crippen MR) is 383 cm³/mol. The first kappa shape index (κ1) is 85.5. The van der Waals surface area contributed by atoms with Crippen molar-refractivity contribution in [1.82, 2.24) is 5.32 Å². The molecule has 0 fully saturated rings. The van der Waals surface area contributed by atoms with Crippen molar-refractivity contribution in [2.24, 2.45) is 0 Å². The fourth-order valence-electron chi connectivity index (χ4n) is 11.8. The Hall–Kier alpha value is -1.54. The maximum absolute atomic E-state index is 13.1. The summed E-state index contributed by atoms with van der Waals surface area (Å²) in [5, 5.41) is 14.0. The van der Waals surface area contributed by atoms with Crippen molar-refractivity contribution in [3.05, 3.63) is 48.6 Å². The molecule has 3 N–H and O–H groups in total. The van der Waals surface area contributed by atoms with E-state index in [1.165, 1.54) is 327 Å². The highest BCUT2D eigenvalue weighted by Crippen LogP contribution is 2.43. The first-order chi connectivity index (χ1) is 42.5. The lowest BCUT2D eigenvalue weighted by atomic mass is 10.0. The molecule has 0 radical (unpaired) electrons. The number of nitrogens with one attached hydrogen (secondary N) is 1. The van der Waals surface area contributed by atoms with Crippen molar-refractivity contribution >= 4 is 13.7 Å². The minimum atomic E-state index is -4.36. The second-order valence-corrected chi connectivity index (χ2v) is 29.2. The number of carbonyl (C=O) groups is 1. The number of likely N-dealkylation sites (N-methyl/N-ethyl adjacent to an activating group) is 1. The molecule has 0 aromatic carbocycles. The van der Waals surface area contributed by atoms with E-state index in [2.05, 4.69) is 55.6 Å². The average molecular weight is 1250 g/mol. The van der Waals surface area contributed by atoms with Crippen LogP contribution in [0.4, 0.5) is 0 Å². The van der Waals surface area contributed by atoms with Gasteiger partial charge in [0.05, 0.1) is 39.9 Å². The van der Waals surface area contributed by atoms with Gasteiger partial charge in [0.1, 0.15) is 13.2 Å². The number of amides is 1. The molecular weight excluding hydrogens is 1090 g/mol. The number of unbranched alkanes of at least 4 members (excludes halogenated alkanes) is 53. The number of aliphatic hydroxyl groups excluding tert-OH is 1. The largest absolute Gasteiger partial charge is 0.472 e. The third-order valence-electron chi connectivity index (χ3n) is 17.8. The fraction of sp³-hybridized carbons (Fsp3) is 0.885. The molecule has 0 aliphatic heterocycles. The van der Waals surface area contributed by atoms with Crippen molar-refractivity contribution in [2.45, 2.75) is 405 Å². The number of nitrogens with zero attached hydrogens (tertiary/aromatic N) is 1. The Morgan fingerprint density at radius 2 is 0.655 bits per heavy atom. The fourth-order valence-corrected chi connectivity index (χ4v) is 12.6. The van der Waals surface area contributed by atoms with E-state index in [0.29, 0.717) is 17.4 Å². The van der Waals surface area contributed by atoms with Crippen LogP contribution in [-0.2, 0) is 18.4 Å². The van der Waals surface area contributed by atoms with Crippen LogP contribution in [0.25, 0.3) is 0 Å². The van der Waals surface area contributed by atoms with Gasteiger partial charge in [0.25, 0.3) is 0 Å². The Morgan fingerprint density at radius 3 is 0.954 bits per heavy atom. The van der Waals surface area contributed by atoms with E-state index in [4.69, 9.17) is 9.05 Å². The van der Waals surface area contributed by atoms with E-state index in [1.807, 2.05) is 27.2 Å². The highest BCUT2D eigenvalue weighted by atomic mass is 31.2. The number of quaternary nitrogens is 1. The summed E-state index contributed by atoms with van der Waals surface area (Å²) in [5.41, 5.74) is 0. The van der Waals surface area contributed by atoms with Gasteiger partial charge < -0.3 is 19.8 Å². The maximum atomic E-state index is 13.1. The zero-order valence-corrected chi connectivity index (χ0v) is 59.9. The lowest BCUT2D eigenvalue weighted by Gasteiger charge is -2.25. The Bertz CT molecular complexity index is 1560. The molecule has 9 heteroatoms. The number of allylic oxidation sites excluding steroid dienone is 7. The minimum Gasteiger partial charge on any atom is -0.387 e. The number of phosphoric acid groups is 1. The van der Waals surface area contributed by atoms with Crippen molar-refractivity contribution in [3.8, 4) is 0 Å². The summed E-state index contributed by atoms with van der Waals surface area (Å²) in [6, 6.07) is -0.848. The van der Waals surface area contributed by atoms with Crippen molar-refractivity contribution < 1.29 is 32.9 Å². The highest BCUT2D eigenvalue weighted by molar-refractivity contribution is 7.47. The van der Waals surface area contributed by atoms with Crippen LogP contribution in [0.5, 0.6) is 0 Å². The van der Waals surface area contributed by atoms with Crippen LogP contribution in [0.1, 0.15) is 393 Å². The smallest absolute Gasteiger partial charge is 0.387 e. The third kappa shape index (κ3) is 71.8. The van der Waals surface area contributed by atoms with Crippen molar-refractivity contribution in [2.75, 3.05) is 40.9 Å². The van der Waals surface area contributed by atoms with Crippen molar-refractivity contribution in [1.29, 1.82) is 0 Å². The van der Waals surface area contributed by atoms with E-state index in [9.17, 15) is 19.4 Å². The molecule has 3 atom stereocenters. The van der Waals surface area contributed by atoms with Gasteiger partial charge in [0.15, 0.2) is 0 Å². The standard InChI is InChI=1S/C78H151N2O6P/c1-6-8-10-12-14-16-18-20-22-24-26-28-30-32-34-36-37-38-39-40-41-42-43-44-46-48-50-52-54-56-58-60-62-64-66-68-70-72-78(82)79-76(75-86-87(83,84)85-74-73-80(3,4)5)77(81)71-69-67-65-63-61-59-57-55-53-51-49-47-45-35-33-31-29-27-25-23-21-19-17-15-13-11-9-7-2/h18,20,24,26,30,32,69,71,76-77,81H,6-17,19,21-23,25,27-29,31,33-68,70,72-75H2,1-5H3,(H-,79,82,83,84)/p+1/b20-18-,26-24-,32-30-,71-69+. The van der Waals surface area contributed by atoms with Crippen LogP contribution in [-0.4, -0.2) is 73.4 Å². The van der Waals surface area contributed by atoms with Gasteiger partial charge in [-0.1, -0.05) is 377 Å². The molecule has 8 nitrogen and oxygen atoms in total. The molecule has 0 aliphatic rings. The summed E-state index contributed by atoms with van der Waals surface area (Å²) in [6.07, 6.45) is 94.3. The molecule has 0 saturated heterocycles. The molecule has 0 rings (SSSR count). The molecular formula is C78H152N2O6P+. The molecule has 87 heavy (non-hydrogen) atoms. The quantitative estimate of drug-likeness (QED) is 0.0243. The van der Waals surface area contributed by atoms with Crippen molar-refractivity contribution in [3.63, 3.8) is 0 Å². The number of carbonyl (C=O) groups excluding carboxylic acids is 1. The monoisotopic (exact) mass is 1240 g/mol. The summed E-state index contributed by atoms with van der Waals surface area (Å²) >= 11 is 0. The van der Waals surface area contributed by atoms with E-state index in [-0.39, 0.29) is 19.1 Å². The van der Waals surface area contributed by atoms with Crippen LogP contribution in [0.2, 0.25) is 0 Å². The van der Waals surface area contributed by atoms with E-state index in [0.717, 1.165) is 44.9 Å². The zero-order chi connectivity index (χ0) is 63.4. The van der Waals surface area contributed by atoms with Crippen LogP contribution in [0.15, 0.2) is 48.6 Å². The lowest BCUT2D eigenvalue weighted by Crippen LogP contribution is -2.45. The third-order valence-corrected chi connectivity index (χ3v) is 18.8. The Labute approximate surface area is 543 Å². The van der Waals surface area contributed by atoms with Gasteiger partial charge in [-0.2, -0.15) is 0 Å². The highest BCUT2D eigenvalue weighted by Gasteiger charge is 2.28. The number of hydrogen-bond donors (Lipinski definition) is 3. The van der Waals surface area contributed by atoms with Crippen LogP contribution < -0.4 is 5.32 Å². The number of hydrogen-bond acceptors (Lipinski definition) is 5. The lowest BCUT2D eigenvalue weighted by molar-refractivity contribution is -0.870. The summed E-state index contributed by atoms with van der Waals surface area (Å²) in [7, 11) is 1.59. The molecule has 514 valence electrons. The van der Waals surface area contributed by atoms with Gasteiger partial charge in [-0.3, -0.25) is 13.8 Å². The maximum Gasteiger partial charge on any atom is 0.472 e. The normalized spacial score (nSPS) is 13.8. The molecule has 0 aliphatic carbocycles. The Morgan fingerprint density at radius 1 is 0.391 bits per heavy atom. The SMILES string of the molecule is CCCCCCC/C=C\C/C=C\C/C=C\CCCCCCCCCCCCCCCCCCCCCCCCC(=O)NC(COP(=O)(O)OCC[N+](C)(C)C)C(O)/C=C/CCCCCCCCCCCCCCCCCCCCCCCCCCCC. The van der Waals surface area contributed by atoms with E-state index < -0.39 is 20.0 Å². The number of phosphoric ester groups is 1. The predicted octanol–water partition coefficient (Wildman–Crippen LogP) is 25.0. The minimum absolute atomic E-state index is 0.0634. The summed E-state index contributed by atoms with van der Waals surface area (Å²) < 4.78 is 23.9. The van der Waals surface area contributed by atoms with E-state index in [1.54, 1.807) is 6.08 Å². The second-order valence-electron chi connectivity index (χ2n) is 27.7. The topological polar surface area (TPSA) is 105 Å². The van der Waals surface area contributed by atoms with Crippen LogP contribution in [0, 0.1) is 0 Å². The first-order valence-corrected chi connectivity index (χ1v) is 40.0. The Kier molecular flexibility index (Phi) is 67.6. The molecule has 0 aromatic heterocycles. The number of rotatable bonds is 72. The van der Waals surface area contributed by atoms with Gasteiger partial charge in [-0.25, -0.2) is 4.57 Å². The summed E-state index contributed by atoms with van der Waals surface area (Å²) in [4.78, 5) is 23.5. The molecule has 0 spiro atoms. The summed E-state index contributed by atoms with van der Waals surface area (Å²) in [5.74, 6) is -0.169. The van der Waals surface area contributed by atoms with Gasteiger partial charge >= 0.3 is 7.82 Å². The molecule has 1 amide bonds. The molecule has 0 saturated carbocycles. The molecule has 0 heterocycles. The van der Waals surface area contributed by atoms with Gasteiger partial charge in [0.2, 0.25) is 5.91 Å². The summed E-state index contributed by atoms with van der Waals surface area (Å²) in [6.45, 7) is 4.86. The zero-order valence-electron chi connectivity index (χ0n) is 59.0. The van der Waals surface area contributed by atoms with Crippen LogP contribution >= 0.6 is 7.82 Å². The van der Waals surface area contributed by atoms with Gasteiger partial charge in [0, 0.05) is 6.42 Å². The van der Waals surface area contributed by atoms with Gasteiger partial charge in [-0.05, 0) is 57.8 Å². The first-order valence-electron chi connectivity index (χ1n) is 38.5. The molecule has 3 unspecified atom stereocenters. The van der Waals surface area contributed by atoms with Crippen LogP contribution in [0.3, 0.4) is 0 Å².